The van der Waals surface area contributed by atoms with Gasteiger partial charge in [-0.3, -0.25) is 9.69 Å². The van der Waals surface area contributed by atoms with Crippen molar-refractivity contribution >= 4 is 46.2 Å². The minimum atomic E-state index is -1.08. The van der Waals surface area contributed by atoms with Crippen molar-refractivity contribution in [2.24, 2.45) is 5.92 Å². The van der Waals surface area contributed by atoms with Crippen molar-refractivity contribution in [2.75, 3.05) is 17.3 Å². The third-order valence-electron chi connectivity index (χ3n) is 6.13. The predicted octanol–water partition coefficient (Wildman–Crippen LogP) is 5.15. The summed E-state index contributed by atoms with van der Waals surface area (Å²) in [5.74, 6) is 0.633. The van der Waals surface area contributed by atoms with Gasteiger partial charge in [-0.1, -0.05) is 29.8 Å². The molecule has 5 rings (SSSR count). The number of anilines is 2. The van der Waals surface area contributed by atoms with Gasteiger partial charge in [0.15, 0.2) is 10.8 Å². The van der Waals surface area contributed by atoms with Crippen LogP contribution in [-0.2, 0) is 4.79 Å². The standard InChI is InChI=1S/C25H22ClN3O3S/c1-25-21(23(30)27-16-9-13-18(31-2)14-10-16)22(19-5-3-4-6-20(19)32-25)28-24(33)29(25)17-11-7-15(26)8-12-17/h3-14,21-22H,1-2H3,(H,27,30)(H,28,33)/t21-,22-,25-/m1/s1. The molecule has 2 N–H and O–H groups in total. The van der Waals surface area contributed by atoms with Gasteiger partial charge in [0.1, 0.15) is 17.4 Å². The summed E-state index contributed by atoms with van der Waals surface area (Å²) in [5.41, 5.74) is 1.26. The van der Waals surface area contributed by atoms with Crippen molar-refractivity contribution in [2.45, 2.75) is 18.7 Å². The van der Waals surface area contributed by atoms with Gasteiger partial charge in [0.25, 0.3) is 0 Å². The first-order valence-corrected chi connectivity index (χ1v) is 11.3. The molecule has 2 aliphatic rings. The lowest BCUT2D eigenvalue weighted by molar-refractivity contribution is -0.130. The third kappa shape index (κ3) is 3.67. The number of fused-ring (bicyclic) bond motifs is 4. The number of thiocarbonyl (C=S) groups is 1. The topological polar surface area (TPSA) is 62.8 Å². The molecule has 0 aliphatic carbocycles. The van der Waals surface area contributed by atoms with E-state index in [0.717, 1.165) is 11.3 Å². The second kappa shape index (κ2) is 8.24. The largest absolute Gasteiger partial charge is 0.497 e. The number of benzene rings is 3. The zero-order valence-corrected chi connectivity index (χ0v) is 19.6. The maximum absolute atomic E-state index is 13.7. The van der Waals surface area contributed by atoms with E-state index in [2.05, 4.69) is 10.6 Å². The molecule has 1 fully saturated rings. The quantitative estimate of drug-likeness (QED) is 0.505. The lowest BCUT2D eigenvalue weighted by Crippen LogP contribution is -2.72. The van der Waals surface area contributed by atoms with Crippen LogP contribution in [0.5, 0.6) is 11.5 Å². The van der Waals surface area contributed by atoms with Crippen molar-refractivity contribution in [3.05, 3.63) is 83.4 Å². The van der Waals surface area contributed by atoms with Crippen LogP contribution in [0.1, 0.15) is 18.5 Å². The van der Waals surface area contributed by atoms with Crippen LogP contribution in [0, 0.1) is 5.92 Å². The first-order chi connectivity index (χ1) is 15.9. The van der Waals surface area contributed by atoms with Crippen molar-refractivity contribution in [1.29, 1.82) is 0 Å². The first kappa shape index (κ1) is 21.6. The number of hydrogen-bond acceptors (Lipinski definition) is 4. The highest BCUT2D eigenvalue weighted by atomic mass is 35.5. The van der Waals surface area contributed by atoms with Gasteiger partial charge >= 0.3 is 0 Å². The Labute approximate surface area is 202 Å². The van der Waals surface area contributed by atoms with E-state index in [1.54, 1.807) is 31.4 Å². The molecule has 3 aromatic carbocycles. The van der Waals surface area contributed by atoms with E-state index in [9.17, 15) is 4.79 Å². The zero-order chi connectivity index (χ0) is 23.2. The molecule has 2 heterocycles. The van der Waals surface area contributed by atoms with Gasteiger partial charge in [0.05, 0.1) is 13.2 Å². The molecule has 0 unspecified atom stereocenters. The van der Waals surface area contributed by atoms with Gasteiger partial charge in [-0.2, -0.15) is 0 Å². The first-order valence-electron chi connectivity index (χ1n) is 10.5. The van der Waals surface area contributed by atoms with E-state index in [-0.39, 0.29) is 11.9 Å². The molecule has 0 saturated carbocycles. The summed E-state index contributed by atoms with van der Waals surface area (Å²) >= 11 is 11.9. The fourth-order valence-electron chi connectivity index (χ4n) is 4.60. The Kier molecular flexibility index (Phi) is 5.38. The van der Waals surface area contributed by atoms with E-state index >= 15 is 0 Å². The number of methoxy groups -OCH3 is 1. The number of halogens is 1. The molecule has 0 aromatic heterocycles. The number of rotatable bonds is 4. The number of hydrogen-bond donors (Lipinski definition) is 2. The van der Waals surface area contributed by atoms with Crippen LogP contribution in [0.3, 0.4) is 0 Å². The second-order valence-electron chi connectivity index (χ2n) is 8.13. The van der Waals surface area contributed by atoms with Gasteiger partial charge in [-0.15, -0.1) is 0 Å². The monoisotopic (exact) mass is 479 g/mol. The fourth-order valence-corrected chi connectivity index (χ4v) is 5.14. The molecular weight excluding hydrogens is 458 g/mol. The normalized spacial score (nSPS) is 23.1. The Morgan fingerprint density at radius 2 is 1.82 bits per heavy atom. The summed E-state index contributed by atoms with van der Waals surface area (Å²) in [7, 11) is 1.60. The SMILES string of the molecule is COc1ccc(NC(=O)[C@H]2[C@@H]3NC(=S)N(c4ccc(Cl)cc4)[C@]2(C)Oc2ccccc23)cc1. The maximum atomic E-state index is 13.7. The predicted molar refractivity (Wildman–Crippen MR) is 133 cm³/mol. The summed E-state index contributed by atoms with van der Waals surface area (Å²) in [5, 5.41) is 7.52. The molecule has 168 valence electrons. The van der Waals surface area contributed by atoms with Gasteiger partial charge in [0.2, 0.25) is 5.91 Å². The zero-order valence-electron chi connectivity index (χ0n) is 18.0. The lowest BCUT2D eigenvalue weighted by Gasteiger charge is -2.56. The summed E-state index contributed by atoms with van der Waals surface area (Å²) in [6.07, 6.45) is 0. The number of ether oxygens (including phenoxy) is 2. The molecule has 33 heavy (non-hydrogen) atoms. The molecule has 3 aromatic rings. The Hall–Kier alpha value is -3.29. The maximum Gasteiger partial charge on any atom is 0.236 e. The molecule has 2 bridgehead atoms. The molecule has 2 aliphatic heterocycles. The van der Waals surface area contributed by atoms with Crippen LogP contribution in [0.25, 0.3) is 0 Å². The number of carbonyl (C=O) groups is 1. The molecule has 8 heteroatoms. The van der Waals surface area contributed by atoms with Crippen LogP contribution < -0.4 is 25.0 Å². The Bertz CT molecular complexity index is 1220. The average molecular weight is 480 g/mol. The van der Waals surface area contributed by atoms with Crippen molar-refractivity contribution in [3.8, 4) is 11.5 Å². The molecular formula is C25H22ClN3O3S. The van der Waals surface area contributed by atoms with Gasteiger partial charge in [-0.25, -0.2) is 0 Å². The van der Waals surface area contributed by atoms with E-state index in [4.69, 9.17) is 33.3 Å². The molecule has 6 nitrogen and oxygen atoms in total. The van der Waals surface area contributed by atoms with E-state index < -0.39 is 11.6 Å². The van der Waals surface area contributed by atoms with Crippen molar-refractivity contribution in [3.63, 3.8) is 0 Å². The third-order valence-corrected chi connectivity index (χ3v) is 6.68. The van der Waals surface area contributed by atoms with Crippen LogP contribution >= 0.6 is 23.8 Å². The van der Waals surface area contributed by atoms with Crippen molar-refractivity contribution in [1.82, 2.24) is 5.32 Å². The summed E-state index contributed by atoms with van der Waals surface area (Å²) < 4.78 is 11.8. The number of nitrogens with zero attached hydrogens (tertiary/aromatic N) is 1. The van der Waals surface area contributed by atoms with Crippen LogP contribution in [-0.4, -0.2) is 23.9 Å². The van der Waals surface area contributed by atoms with Crippen LogP contribution in [0.2, 0.25) is 5.02 Å². The Balaban J connectivity index is 1.58. The molecule has 1 saturated heterocycles. The summed E-state index contributed by atoms with van der Waals surface area (Å²) in [4.78, 5) is 15.6. The number of para-hydroxylation sites is 1. The highest BCUT2D eigenvalue weighted by Crippen LogP contribution is 2.49. The van der Waals surface area contributed by atoms with Gasteiger partial charge < -0.3 is 20.1 Å². The molecule has 0 radical (unpaired) electrons. The molecule has 1 amide bonds. The minimum Gasteiger partial charge on any atom is -0.497 e. The summed E-state index contributed by atoms with van der Waals surface area (Å²) in [6, 6.07) is 21.9. The average Bonchev–Trinajstić information content (AvgIpc) is 2.80. The second-order valence-corrected chi connectivity index (χ2v) is 8.95. The fraction of sp³-hybridized carbons (Fsp3) is 0.200. The van der Waals surface area contributed by atoms with Crippen LogP contribution in [0.15, 0.2) is 72.8 Å². The van der Waals surface area contributed by atoms with Gasteiger partial charge in [0, 0.05) is 22.0 Å². The highest BCUT2D eigenvalue weighted by molar-refractivity contribution is 7.80. The lowest BCUT2D eigenvalue weighted by atomic mass is 9.78. The molecule has 3 atom stereocenters. The van der Waals surface area contributed by atoms with Gasteiger partial charge in [-0.05, 0) is 73.7 Å². The minimum absolute atomic E-state index is 0.184. The summed E-state index contributed by atoms with van der Waals surface area (Å²) in [6.45, 7) is 1.90. The van der Waals surface area contributed by atoms with E-state index in [0.29, 0.717) is 27.3 Å². The highest BCUT2D eigenvalue weighted by Gasteiger charge is 2.59. The Morgan fingerprint density at radius 3 is 2.52 bits per heavy atom. The van der Waals surface area contributed by atoms with Crippen molar-refractivity contribution < 1.29 is 14.3 Å². The smallest absolute Gasteiger partial charge is 0.236 e. The number of amides is 1. The van der Waals surface area contributed by atoms with E-state index in [1.165, 1.54) is 0 Å². The Morgan fingerprint density at radius 1 is 1.12 bits per heavy atom. The van der Waals surface area contributed by atoms with E-state index in [1.807, 2.05) is 60.4 Å². The molecule has 0 spiro atoms. The number of carbonyl (C=O) groups excluding carboxylic acids is 1. The van der Waals surface area contributed by atoms with Crippen LogP contribution in [0.4, 0.5) is 11.4 Å². The number of nitrogens with one attached hydrogen (secondary N) is 2.